The summed E-state index contributed by atoms with van der Waals surface area (Å²) in [6, 6.07) is 0. The van der Waals surface area contributed by atoms with Crippen molar-refractivity contribution in [3.05, 3.63) is 0 Å². The van der Waals surface area contributed by atoms with Crippen molar-refractivity contribution in [3.8, 4) is 0 Å². The van der Waals surface area contributed by atoms with E-state index in [1.54, 1.807) is 0 Å². The Morgan fingerprint density at radius 3 is 1.50 bits per heavy atom. The Bertz CT molecular complexity index is 29.0. The minimum atomic E-state index is -4.97. The first kappa shape index (κ1) is 5.02. The Kier molecular flexibility index (Phi) is 2.85. The molecule has 0 fully saturated rings. The molecule has 0 N–H and O–H groups in total. The van der Waals surface area contributed by atoms with E-state index in [1.165, 1.54) is 0 Å². The Morgan fingerprint density at radius 1 is 1.50 bits per heavy atom. The van der Waals surface area contributed by atoms with Gasteiger partial charge < -0.3 is 0 Å². The average molecular weight is 195 g/mol. The molecule has 0 radical (unpaired) electrons. The van der Waals surface area contributed by atoms with Gasteiger partial charge in [-0.15, -0.1) is 0 Å². The molecule has 0 unspecified atom stereocenters. The summed E-state index contributed by atoms with van der Waals surface area (Å²) >= 11 is -4.97. The van der Waals surface area contributed by atoms with Gasteiger partial charge in [-0.05, 0) is 0 Å². The molecule has 4 heavy (non-hydrogen) atoms. The molecule has 0 spiro atoms. The molecule has 0 heterocycles. The third-order valence-corrected chi connectivity index (χ3v) is 0. The Balaban J connectivity index is 2.80. The van der Waals surface area contributed by atoms with Gasteiger partial charge in [0.05, 0.1) is 0 Å². The standard InChI is InChI=1S/2FH.O.Pr/h2*1H;;/q;;;+2/p-2. The molecule has 0 atom stereocenters. The van der Waals surface area contributed by atoms with Gasteiger partial charge in [0.15, 0.2) is 0 Å². The van der Waals surface area contributed by atoms with Crippen molar-refractivity contribution in [1.82, 2.24) is 0 Å². The second kappa shape index (κ2) is 2.27. The van der Waals surface area contributed by atoms with Crippen LogP contribution in [-0.4, -0.2) is 0 Å². The molecule has 4 heteroatoms. The van der Waals surface area contributed by atoms with Crippen LogP contribution in [0.15, 0.2) is 0 Å². The average Bonchev–Trinajstić information content (AvgIpc) is 0.811. The molecule has 0 aromatic carbocycles. The zero-order valence-corrected chi connectivity index (χ0v) is 5.45. The molecule has 0 saturated carbocycles. The summed E-state index contributed by atoms with van der Waals surface area (Å²) in [5.41, 5.74) is 0. The molecule has 0 aromatic heterocycles. The maximum absolute atomic E-state index is 10.0. The van der Waals surface area contributed by atoms with Gasteiger partial charge in [0, 0.05) is 0 Å². The Hall–Kier alpha value is 1.02. The van der Waals surface area contributed by atoms with Crippen LogP contribution >= 0.6 is 0 Å². The second-order valence-electron chi connectivity index (χ2n) is 0.261. The van der Waals surface area contributed by atoms with E-state index in [1.807, 2.05) is 0 Å². The van der Waals surface area contributed by atoms with Gasteiger partial charge in [-0.1, -0.05) is 0 Å². The van der Waals surface area contributed by atoms with Crippen molar-refractivity contribution in [2.24, 2.45) is 0 Å². The van der Waals surface area contributed by atoms with Crippen LogP contribution in [0, 0.1) is 36.8 Å². The summed E-state index contributed by atoms with van der Waals surface area (Å²) in [4.78, 5) is 0. The van der Waals surface area contributed by atoms with Crippen LogP contribution in [0.5, 0.6) is 0 Å². The zero-order valence-electron chi connectivity index (χ0n) is 1.74. The summed E-state index contributed by atoms with van der Waals surface area (Å²) in [7, 11) is 0. The van der Waals surface area contributed by atoms with E-state index >= 15 is 0 Å². The molecule has 0 aliphatic heterocycles. The Labute approximate surface area is 39.3 Å². The summed E-state index contributed by atoms with van der Waals surface area (Å²) in [5, 5.41) is 0. The Morgan fingerprint density at radius 2 is 1.50 bits per heavy atom. The summed E-state index contributed by atoms with van der Waals surface area (Å²) in [5.74, 6) is 0. The van der Waals surface area contributed by atoms with Crippen molar-refractivity contribution >= 4 is 0 Å². The van der Waals surface area contributed by atoms with Crippen LogP contribution in [0.3, 0.4) is 0 Å². The van der Waals surface area contributed by atoms with E-state index in [2.05, 4.69) is 0 Å². The molecule has 0 bridgehead atoms. The molecule has 0 amide bonds. The third-order valence-electron chi connectivity index (χ3n) is 0. The first-order chi connectivity index (χ1) is 1.73. The van der Waals surface area contributed by atoms with E-state index in [0.29, 0.717) is 0 Å². The van der Waals surface area contributed by atoms with Crippen molar-refractivity contribution in [2.45, 2.75) is 0 Å². The van der Waals surface area contributed by atoms with Gasteiger partial charge >= 0.3 is 39.7 Å². The van der Waals surface area contributed by atoms with Crippen LogP contribution < -0.4 is 0 Å². The van der Waals surface area contributed by atoms with Crippen LogP contribution in [0.2, 0.25) is 0 Å². The fourth-order valence-electron chi connectivity index (χ4n) is 0. The van der Waals surface area contributed by atoms with Gasteiger partial charge in [-0.25, -0.2) is 0 Å². The van der Waals surface area contributed by atoms with Gasteiger partial charge in [0.25, 0.3) is 0 Å². The van der Waals surface area contributed by atoms with Gasteiger partial charge in [-0.2, -0.15) is 0 Å². The summed E-state index contributed by atoms with van der Waals surface area (Å²) in [6.45, 7) is 0. The van der Waals surface area contributed by atoms with E-state index in [-0.39, 0.29) is 0 Å². The fourth-order valence-corrected chi connectivity index (χ4v) is 0. The number of hydrogen-bond donors (Lipinski definition) is 0. The van der Waals surface area contributed by atoms with Crippen LogP contribution in [-0.2, 0) is 0.995 Å². The van der Waals surface area contributed by atoms with Crippen LogP contribution in [0.4, 0.5) is 1.92 Å². The SMILES string of the molecule is [O]=[Pr]([F])[F]. The molecule has 0 saturated heterocycles. The first-order valence-corrected chi connectivity index (χ1v) is 4.98. The van der Waals surface area contributed by atoms with Gasteiger partial charge in [0.1, 0.15) is 0 Å². The maximum atomic E-state index is 10.0. The first-order valence-electron chi connectivity index (χ1n) is 0.672. The summed E-state index contributed by atoms with van der Waals surface area (Å²) in [6.07, 6.45) is 0. The number of halogens is 2. The molecule has 0 rings (SSSR count). The monoisotopic (exact) mass is 195 g/mol. The van der Waals surface area contributed by atoms with E-state index in [4.69, 9.17) is 0.995 Å². The van der Waals surface area contributed by atoms with Crippen molar-refractivity contribution in [1.29, 1.82) is 0 Å². The second-order valence-corrected chi connectivity index (χ2v) is 1.93. The van der Waals surface area contributed by atoms with E-state index in [9.17, 15) is 1.92 Å². The molecule has 1 nitrogen and oxygen atoms in total. The quantitative estimate of drug-likeness (QED) is 0.556. The predicted octanol–water partition coefficient (Wildman–Crippen LogP) is 0.722. The van der Waals surface area contributed by atoms with Crippen molar-refractivity contribution in [3.63, 3.8) is 0 Å². The molecular weight excluding hydrogens is 195 g/mol. The molecule has 0 aromatic rings. The number of hydrogen-bond acceptors (Lipinski definition) is 1. The van der Waals surface area contributed by atoms with Gasteiger partial charge in [-0.3, -0.25) is 0 Å². The normalized spacial score (nSPS) is 6.50. The topological polar surface area (TPSA) is 17.1 Å². The molecule has 23 valence electrons. The van der Waals surface area contributed by atoms with Gasteiger partial charge in [0.2, 0.25) is 0 Å². The fraction of sp³-hybridized carbons (Fsp3) is 0. The van der Waals surface area contributed by atoms with Crippen molar-refractivity contribution in [2.75, 3.05) is 0 Å². The van der Waals surface area contributed by atoms with E-state index in [0.717, 1.165) is 0 Å². The van der Waals surface area contributed by atoms with Crippen molar-refractivity contribution < 1.29 is 39.7 Å². The zero-order chi connectivity index (χ0) is 3.58. The summed E-state index contributed by atoms with van der Waals surface area (Å²) < 4.78 is 28.4. The van der Waals surface area contributed by atoms with E-state index < -0.39 is 36.8 Å². The minimum absolute atomic E-state index is 4.97. The van der Waals surface area contributed by atoms with Crippen LogP contribution in [0.25, 0.3) is 0 Å². The molecule has 0 aliphatic rings. The molecular formula is F2OPr. The molecule has 0 aliphatic carbocycles. The predicted molar refractivity (Wildman–Crippen MR) is 2.90 cm³/mol. The van der Waals surface area contributed by atoms with Crippen LogP contribution in [0.1, 0.15) is 0 Å². The third kappa shape index (κ3) is 11.8. The number of rotatable bonds is 0.